The summed E-state index contributed by atoms with van der Waals surface area (Å²) in [7, 11) is 1.58. The molecule has 2 aromatic carbocycles. The fourth-order valence-electron chi connectivity index (χ4n) is 3.58. The molecule has 1 fully saturated rings. The maximum Gasteiger partial charge on any atom is 0.260 e. The lowest BCUT2D eigenvalue weighted by atomic mass is 10.1. The number of piperazine rings is 1. The van der Waals surface area contributed by atoms with Gasteiger partial charge < -0.3 is 19.3 Å². The van der Waals surface area contributed by atoms with Crippen LogP contribution in [0.5, 0.6) is 11.5 Å². The Balaban J connectivity index is 1.39. The van der Waals surface area contributed by atoms with E-state index in [1.807, 2.05) is 48.2 Å². The molecule has 160 valence electrons. The molecule has 2 aromatic rings. The van der Waals surface area contributed by atoms with Gasteiger partial charge in [0.25, 0.3) is 5.91 Å². The van der Waals surface area contributed by atoms with Crippen molar-refractivity contribution in [3.05, 3.63) is 59.7 Å². The molecule has 0 unspecified atom stereocenters. The summed E-state index contributed by atoms with van der Waals surface area (Å²) in [5.74, 6) is 1.27. The fraction of sp³-hybridized carbons (Fsp3) is 0.417. The second-order valence-corrected chi connectivity index (χ2v) is 7.54. The third-order valence-corrected chi connectivity index (χ3v) is 5.35. The molecule has 0 bridgehead atoms. The van der Waals surface area contributed by atoms with Crippen molar-refractivity contribution in [1.29, 1.82) is 0 Å². The van der Waals surface area contributed by atoms with Crippen LogP contribution in [0, 0.1) is 6.92 Å². The zero-order valence-electron chi connectivity index (χ0n) is 17.8. The van der Waals surface area contributed by atoms with E-state index in [0.29, 0.717) is 44.1 Å². The number of carbonyl (C=O) groups is 2. The highest BCUT2D eigenvalue weighted by atomic mass is 16.5. The van der Waals surface area contributed by atoms with E-state index in [0.717, 1.165) is 18.4 Å². The zero-order valence-corrected chi connectivity index (χ0v) is 17.8. The van der Waals surface area contributed by atoms with Gasteiger partial charge in [0.15, 0.2) is 18.1 Å². The fourth-order valence-corrected chi connectivity index (χ4v) is 3.58. The molecule has 3 rings (SSSR count). The van der Waals surface area contributed by atoms with Gasteiger partial charge in [-0.1, -0.05) is 36.4 Å². The van der Waals surface area contributed by atoms with E-state index in [1.54, 1.807) is 12.0 Å². The van der Waals surface area contributed by atoms with Crippen molar-refractivity contribution in [2.75, 3.05) is 39.9 Å². The van der Waals surface area contributed by atoms with Crippen LogP contribution in [0.4, 0.5) is 0 Å². The minimum absolute atomic E-state index is 0.0373. The zero-order chi connectivity index (χ0) is 21.3. The van der Waals surface area contributed by atoms with Gasteiger partial charge >= 0.3 is 0 Å². The van der Waals surface area contributed by atoms with Crippen LogP contribution in [0.25, 0.3) is 0 Å². The number of amides is 2. The maximum absolute atomic E-state index is 12.5. The van der Waals surface area contributed by atoms with Crippen LogP contribution in [-0.4, -0.2) is 61.5 Å². The minimum Gasteiger partial charge on any atom is -0.493 e. The van der Waals surface area contributed by atoms with Gasteiger partial charge in [0.1, 0.15) is 0 Å². The lowest BCUT2D eigenvalue weighted by molar-refractivity contribution is -0.140. The highest BCUT2D eigenvalue weighted by Crippen LogP contribution is 2.27. The van der Waals surface area contributed by atoms with Crippen molar-refractivity contribution in [2.45, 2.75) is 26.2 Å². The molecule has 2 amide bonds. The Kier molecular flexibility index (Phi) is 7.71. The van der Waals surface area contributed by atoms with Crippen molar-refractivity contribution in [2.24, 2.45) is 0 Å². The van der Waals surface area contributed by atoms with Crippen LogP contribution in [0.3, 0.4) is 0 Å². The Hall–Kier alpha value is -3.02. The van der Waals surface area contributed by atoms with E-state index in [9.17, 15) is 9.59 Å². The van der Waals surface area contributed by atoms with Crippen LogP contribution in [-0.2, 0) is 16.0 Å². The largest absolute Gasteiger partial charge is 0.493 e. The van der Waals surface area contributed by atoms with Gasteiger partial charge in [-0.25, -0.2) is 0 Å². The number of benzene rings is 2. The number of aryl methyl sites for hydroxylation is 2. The Bertz CT molecular complexity index is 846. The van der Waals surface area contributed by atoms with Gasteiger partial charge in [-0.3, -0.25) is 9.59 Å². The summed E-state index contributed by atoms with van der Waals surface area (Å²) in [5.41, 5.74) is 2.32. The van der Waals surface area contributed by atoms with Crippen molar-refractivity contribution in [3.63, 3.8) is 0 Å². The number of rotatable bonds is 8. The van der Waals surface area contributed by atoms with Gasteiger partial charge in [-0.05, 0) is 43.0 Å². The van der Waals surface area contributed by atoms with Crippen molar-refractivity contribution in [1.82, 2.24) is 9.80 Å². The molecule has 0 radical (unpaired) electrons. The number of ether oxygens (including phenoxy) is 2. The molecule has 6 heteroatoms. The Morgan fingerprint density at radius 1 is 0.900 bits per heavy atom. The molecule has 0 saturated carbocycles. The summed E-state index contributed by atoms with van der Waals surface area (Å²) in [6.07, 6.45) is 2.29. The third-order valence-electron chi connectivity index (χ3n) is 5.35. The number of hydrogen-bond acceptors (Lipinski definition) is 4. The predicted molar refractivity (Wildman–Crippen MR) is 116 cm³/mol. The Morgan fingerprint density at radius 2 is 1.57 bits per heavy atom. The van der Waals surface area contributed by atoms with Crippen molar-refractivity contribution in [3.8, 4) is 11.5 Å². The van der Waals surface area contributed by atoms with Crippen molar-refractivity contribution >= 4 is 11.8 Å². The maximum atomic E-state index is 12.5. The van der Waals surface area contributed by atoms with Gasteiger partial charge in [0, 0.05) is 32.6 Å². The molecule has 0 aliphatic carbocycles. The van der Waals surface area contributed by atoms with E-state index < -0.39 is 0 Å². The van der Waals surface area contributed by atoms with Gasteiger partial charge in [-0.15, -0.1) is 0 Å². The SMILES string of the molecule is COc1cc(C)ccc1OCC(=O)N1CCN(C(=O)CCCc2ccccc2)CC1. The van der Waals surface area contributed by atoms with E-state index >= 15 is 0 Å². The molecular weight excluding hydrogens is 380 g/mol. The lowest BCUT2D eigenvalue weighted by Crippen LogP contribution is -2.51. The summed E-state index contributed by atoms with van der Waals surface area (Å²) in [6, 6.07) is 15.8. The highest BCUT2D eigenvalue weighted by Gasteiger charge is 2.24. The first-order valence-electron chi connectivity index (χ1n) is 10.4. The van der Waals surface area contributed by atoms with E-state index in [4.69, 9.17) is 9.47 Å². The number of methoxy groups -OCH3 is 1. The molecule has 0 N–H and O–H groups in total. The molecular formula is C24H30N2O4. The summed E-state index contributed by atoms with van der Waals surface area (Å²) in [5, 5.41) is 0. The molecule has 1 heterocycles. The van der Waals surface area contributed by atoms with E-state index in [-0.39, 0.29) is 18.4 Å². The van der Waals surface area contributed by atoms with E-state index in [1.165, 1.54) is 5.56 Å². The molecule has 0 atom stereocenters. The summed E-state index contributed by atoms with van der Waals surface area (Å²) < 4.78 is 11.0. The Labute approximate surface area is 178 Å². The first-order valence-corrected chi connectivity index (χ1v) is 10.4. The number of nitrogens with zero attached hydrogens (tertiary/aromatic N) is 2. The summed E-state index contributed by atoms with van der Waals surface area (Å²) in [6.45, 7) is 4.16. The summed E-state index contributed by atoms with van der Waals surface area (Å²) in [4.78, 5) is 28.6. The van der Waals surface area contributed by atoms with Crippen LogP contribution < -0.4 is 9.47 Å². The van der Waals surface area contributed by atoms with Crippen molar-refractivity contribution < 1.29 is 19.1 Å². The minimum atomic E-state index is -0.0752. The second kappa shape index (κ2) is 10.7. The first kappa shape index (κ1) is 21.7. The molecule has 0 spiro atoms. The van der Waals surface area contributed by atoms with Gasteiger partial charge in [-0.2, -0.15) is 0 Å². The quantitative estimate of drug-likeness (QED) is 0.671. The standard InChI is InChI=1S/C24H30N2O4/c1-19-11-12-21(22(17-19)29-2)30-18-24(28)26-15-13-25(14-16-26)23(27)10-6-9-20-7-4-3-5-8-20/h3-5,7-8,11-12,17H,6,9-10,13-16,18H2,1-2H3. The predicted octanol–water partition coefficient (Wildman–Crippen LogP) is 3.08. The third kappa shape index (κ3) is 5.99. The van der Waals surface area contributed by atoms with Crippen LogP contribution in [0.15, 0.2) is 48.5 Å². The molecule has 1 aliphatic heterocycles. The number of hydrogen-bond donors (Lipinski definition) is 0. The van der Waals surface area contributed by atoms with Crippen LogP contribution >= 0.6 is 0 Å². The molecule has 6 nitrogen and oxygen atoms in total. The molecule has 30 heavy (non-hydrogen) atoms. The van der Waals surface area contributed by atoms with Crippen LogP contribution in [0.2, 0.25) is 0 Å². The average Bonchev–Trinajstić information content (AvgIpc) is 2.78. The molecule has 1 aliphatic rings. The first-order chi connectivity index (χ1) is 14.6. The lowest BCUT2D eigenvalue weighted by Gasteiger charge is -2.34. The normalized spacial score (nSPS) is 13.8. The molecule has 0 aromatic heterocycles. The topological polar surface area (TPSA) is 59.1 Å². The van der Waals surface area contributed by atoms with Crippen LogP contribution in [0.1, 0.15) is 24.0 Å². The smallest absolute Gasteiger partial charge is 0.260 e. The highest BCUT2D eigenvalue weighted by molar-refractivity contribution is 5.79. The number of carbonyl (C=O) groups excluding carboxylic acids is 2. The Morgan fingerprint density at radius 3 is 2.23 bits per heavy atom. The monoisotopic (exact) mass is 410 g/mol. The van der Waals surface area contributed by atoms with Gasteiger partial charge in [0.05, 0.1) is 7.11 Å². The van der Waals surface area contributed by atoms with Gasteiger partial charge in [0.2, 0.25) is 5.91 Å². The average molecular weight is 411 g/mol. The van der Waals surface area contributed by atoms with E-state index in [2.05, 4.69) is 12.1 Å². The second-order valence-electron chi connectivity index (χ2n) is 7.54. The summed E-state index contributed by atoms with van der Waals surface area (Å²) >= 11 is 0. The molecule has 1 saturated heterocycles.